The van der Waals surface area contributed by atoms with Gasteiger partial charge in [-0.2, -0.15) is 0 Å². The number of nitrogens with zero attached hydrogens (tertiary/aromatic N) is 2. The molecule has 13 heavy (non-hydrogen) atoms. The lowest BCUT2D eigenvalue weighted by molar-refractivity contribution is -0.149. The van der Waals surface area contributed by atoms with Crippen LogP contribution in [0.4, 0.5) is 0 Å². The molecule has 0 aromatic carbocycles. The van der Waals surface area contributed by atoms with E-state index in [-0.39, 0.29) is 24.1 Å². The topological polar surface area (TPSA) is 43.8 Å². The summed E-state index contributed by atoms with van der Waals surface area (Å²) in [6, 6.07) is -0.363. The second-order valence-corrected chi connectivity index (χ2v) is 4.32. The molecule has 1 rings (SSSR count). The highest BCUT2D eigenvalue weighted by atomic mass is 16.3. The van der Waals surface area contributed by atoms with Crippen LogP contribution in [0.2, 0.25) is 0 Å². The van der Waals surface area contributed by atoms with Crippen LogP contribution < -0.4 is 0 Å². The summed E-state index contributed by atoms with van der Waals surface area (Å²) in [7, 11) is 3.66. The van der Waals surface area contributed by atoms with Gasteiger partial charge in [0, 0.05) is 19.1 Å². The van der Waals surface area contributed by atoms with Gasteiger partial charge in [-0.25, -0.2) is 0 Å². The molecule has 1 fully saturated rings. The second-order valence-electron chi connectivity index (χ2n) is 4.32. The zero-order chi connectivity index (χ0) is 10.2. The standard InChI is InChI=1S/C9H18N2O2/c1-9(2)6-10(3)7(5-12)8(13)11(9)4/h7,12H,5-6H2,1-4H3. The van der Waals surface area contributed by atoms with E-state index in [1.807, 2.05) is 25.8 Å². The summed E-state index contributed by atoms with van der Waals surface area (Å²) in [6.07, 6.45) is 0. The van der Waals surface area contributed by atoms with Crippen molar-refractivity contribution in [2.45, 2.75) is 25.4 Å². The number of carbonyl (C=O) groups is 1. The quantitative estimate of drug-likeness (QED) is 0.602. The molecule has 0 bridgehead atoms. The maximum atomic E-state index is 11.7. The van der Waals surface area contributed by atoms with Gasteiger partial charge < -0.3 is 10.0 Å². The molecule has 1 atom stereocenters. The Balaban J connectivity index is 2.85. The highest BCUT2D eigenvalue weighted by Crippen LogP contribution is 2.22. The SMILES string of the molecule is CN1CC(C)(C)N(C)C(=O)C1CO. The molecule has 0 spiro atoms. The van der Waals surface area contributed by atoms with Crippen molar-refractivity contribution in [1.82, 2.24) is 9.80 Å². The summed E-state index contributed by atoms with van der Waals surface area (Å²) in [5.74, 6) is 0.00116. The molecule has 1 unspecified atom stereocenters. The van der Waals surface area contributed by atoms with Crippen LogP contribution in [0.1, 0.15) is 13.8 Å². The van der Waals surface area contributed by atoms with Gasteiger partial charge in [-0.15, -0.1) is 0 Å². The minimum Gasteiger partial charge on any atom is -0.394 e. The van der Waals surface area contributed by atoms with Gasteiger partial charge in [0.2, 0.25) is 5.91 Å². The fraction of sp³-hybridized carbons (Fsp3) is 0.889. The highest BCUT2D eigenvalue weighted by molar-refractivity contribution is 5.83. The van der Waals surface area contributed by atoms with Gasteiger partial charge in [0.1, 0.15) is 6.04 Å². The molecule has 0 aromatic rings. The van der Waals surface area contributed by atoms with Crippen LogP contribution in [0.3, 0.4) is 0 Å². The van der Waals surface area contributed by atoms with Gasteiger partial charge in [0.15, 0.2) is 0 Å². The van der Waals surface area contributed by atoms with Crippen molar-refractivity contribution in [3.05, 3.63) is 0 Å². The third-order valence-electron chi connectivity index (χ3n) is 2.86. The van der Waals surface area contributed by atoms with Crippen LogP contribution in [-0.2, 0) is 4.79 Å². The molecule has 0 aromatic heterocycles. The van der Waals surface area contributed by atoms with Gasteiger partial charge in [0.05, 0.1) is 6.61 Å². The van der Waals surface area contributed by atoms with E-state index in [0.717, 1.165) is 6.54 Å². The van der Waals surface area contributed by atoms with Gasteiger partial charge >= 0.3 is 0 Å². The molecule has 1 N–H and O–H groups in total. The first-order valence-corrected chi connectivity index (χ1v) is 4.49. The van der Waals surface area contributed by atoms with E-state index in [0.29, 0.717) is 0 Å². The van der Waals surface area contributed by atoms with Crippen molar-refractivity contribution >= 4 is 5.91 Å². The number of hydrogen-bond acceptors (Lipinski definition) is 3. The lowest BCUT2D eigenvalue weighted by atomic mass is 9.96. The number of aliphatic hydroxyl groups excluding tert-OH is 1. The van der Waals surface area contributed by atoms with E-state index in [4.69, 9.17) is 5.11 Å². The molecular weight excluding hydrogens is 168 g/mol. The fourth-order valence-electron chi connectivity index (χ4n) is 1.75. The maximum Gasteiger partial charge on any atom is 0.242 e. The van der Waals surface area contributed by atoms with E-state index in [9.17, 15) is 4.79 Å². The summed E-state index contributed by atoms with van der Waals surface area (Å²) in [4.78, 5) is 15.3. The third kappa shape index (κ3) is 1.69. The Labute approximate surface area is 79.1 Å². The number of piperazine rings is 1. The monoisotopic (exact) mass is 186 g/mol. The largest absolute Gasteiger partial charge is 0.394 e. The summed E-state index contributed by atoms with van der Waals surface area (Å²) in [5.41, 5.74) is -0.141. The predicted octanol–water partition coefficient (Wildman–Crippen LogP) is -0.470. The molecule has 1 saturated heterocycles. The summed E-state index contributed by atoms with van der Waals surface area (Å²) in [6.45, 7) is 4.74. The van der Waals surface area contributed by atoms with Crippen molar-refractivity contribution in [2.75, 3.05) is 27.2 Å². The summed E-state index contributed by atoms with van der Waals surface area (Å²) >= 11 is 0. The maximum absolute atomic E-state index is 11.7. The summed E-state index contributed by atoms with van der Waals surface area (Å²) in [5, 5.41) is 9.03. The van der Waals surface area contributed by atoms with Gasteiger partial charge in [-0.3, -0.25) is 9.69 Å². The first kappa shape index (κ1) is 10.5. The Kier molecular flexibility index (Phi) is 2.63. The normalized spacial score (nSPS) is 29.5. The van der Waals surface area contributed by atoms with Crippen molar-refractivity contribution in [2.24, 2.45) is 0 Å². The van der Waals surface area contributed by atoms with Crippen molar-refractivity contribution in [1.29, 1.82) is 0 Å². The van der Waals surface area contributed by atoms with Gasteiger partial charge in [0.25, 0.3) is 0 Å². The number of amides is 1. The van der Waals surface area contributed by atoms with Crippen LogP contribution in [0.25, 0.3) is 0 Å². The number of carbonyl (C=O) groups excluding carboxylic acids is 1. The van der Waals surface area contributed by atoms with Crippen molar-refractivity contribution in [3.8, 4) is 0 Å². The number of rotatable bonds is 1. The average molecular weight is 186 g/mol. The Bertz CT molecular complexity index is 212. The van der Waals surface area contributed by atoms with Crippen LogP contribution in [0, 0.1) is 0 Å². The zero-order valence-corrected chi connectivity index (χ0v) is 8.74. The predicted molar refractivity (Wildman–Crippen MR) is 50.4 cm³/mol. The minimum atomic E-state index is -0.363. The molecule has 4 nitrogen and oxygen atoms in total. The molecule has 1 heterocycles. The van der Waals surface area contributed by atoms with E-state index in [1.54, 1.807) is 11.9 Å². The number of hydrogen-bond donors (Lipinski definition) is 1. The molecule has 76 valence electrons. The number of likely N-dealkylation sites (N-methyl/N-ethyl adjacent to an activating group) is 2. The van der Waals surface area contributed by atoms with E-state index < -0.39 is 0 Å². The Morgan fingerprint density at radius 3 is 2.54 bits per heavy atom. The lowest BCUT2D eigenvalue weighted by Crippen LogP contribution is -2.64. The molecule has 4 heteroatoms. The third-order valence-corrected chi connectivity index (χ3v) is 2.86. The first-order valence-electron chi connectivity index (χ1n) is 4.49. The number of aliphatic hydroxyl groups is 1. The van der Waals surface area contributed by atoms with Crippen LogP contribution in [0.5, 0.6) is 0 Å². The molecule has 1 amide bonds. The molecular formula is C9H18N2O2. The van der Waals surface area contributed by atoms with Crippen LogP contribution in [-0.4, -0.2) is 59.6 Å². The van der Waals surface area contributed by atoms with E-state index >= 15 is 0 Å². The first-order chi connectivity index (χ1) is 5.90. The minimum absolute atomic E-state index is 0.00116. The van der Waals surface area contributed by atoms with Gasteiger partial charge in [-0.1, -0.05) is 0 Å². The van der Waals surface area contributed by atoms with E-state index in [2.05, 4.69) is 0 Å². The fourth-order valence-corrected chi connectivity index (χ4v) is 1.75. The lowest BCUT2D eigenvalue weighted by Gasteiger charge is -2.47. The molecule has 1 aliphatic rings. The Morgan fingerprint density at radius 2 is 2.08 bits per heavy atom. The molecule has 0 saturated carbocycles. The average Bonchev–Trinajstić information content (AvgIpc) is 2.01. The summed E-state index contributed by atoms with van der Waals surface area (Å²) < 4.78 is 0. The smallest absolute Gasteiger partial charge is 0.242 e. The molecule has 0 radical (unpaired) electrons. The zero-order valence-electron chi connectivity index (χ0n) is 8.74. The Morgan fingerprint density at radius 1 is 1.54 bits per heavy atom. The Hall–Kier alpha value is -0.610. The van der Waals surface area contributed by atoms with Crippen LogP contribution >= 0.6 is 0 Å². The van der Waals surface area contributed by atoms with E-state index in [1.165, 1.54) is 0 Å². The highest BCUT2D eigenvalue weighted by Gasteiger charge is 2.40. The molecule has 1 aliphatic heterocycles. The molecule has 0 aliphatic carbocycles. The van der Waals surface area contributed by atoms with Crippen molar-refractivity contribution < 1.29 is 9.90 Å². The van der Waals surface area contributed by atoms with Crippen LogP contribution in [0.15, 0.2) is 0 Å². The van der Waals surface area contributed by atoms with Crippen molar-refractivity contribution in [3.63, 3.8) is 0 Å². The second kappa shape index (κ2) is 3.27. The van der Waals surface area contributed by atoms with Gasteiger partial charge in [-0.05, 0) is 20.9 Å².